The van der Waals surface area contributed by atoms with Crippen LogP contribution in [0.25, 0.3) is 0 Å². The number of non-ortho nitro benzene ring substituents is 1. The second-order valence-electron chi connectivity index (χ2n) is 36.8. The van der Waals surface area contributed by atoms with E-state index in [0.29, 0.717) is 69.5 Å². The number of nitrogens with zero attached hydrogens (tertiary/aromatic N) is 5. The molecule has 148 heavy (non-hydrogen) atoms. The Morgan fingerprint density at radius 1 is 0.426 bits per heavy atom. The van der Waals surface area contributed by atoms with Gasteiger partial charge in [-0.15, -0.1) is 0 Å². The molecule has 7 saturated heterocycles. The molecule has 4 atom stereocenters. The molecule has 32 heteroatoms. The lowest BCUT2D eigenvalue weighted by Crippen LogP contribution is -2.48. The lowest BCUT2D eigenvalue weighted by Gasteiger charge is -2.43. The molecule has 784 valence electrons. The Morgan fingerprint density at radius 2 is 0.750 bits per heavy atom. The lowest BCUT2D eigenvalue weighted by molar-refractivity contribution is -0.384. The molecule has 7 heterocycles. The molecule has 0 bridgehead atoms. The standard InChI is InChI=1S/C31H35F2N3O2.C28H32N2O2.C20H26N2.C10H9F2NO2.2C10H11F2NO.C6H5NO2.CHClO2/c32-27-13-12-24(22-28(27)33)29-23-38-21-20-36(29)30(37)34-16-7-17-35-18-14-31(15-19-35,25-8-3-1-4-9-25)26-10-5-2-6-11-26;1-23-13-15-26(16-14-23)32-27(31)29-19-8-20-30-21-17-28(18-22-30,24-9-4-2-5-10-24)25-11-6-3-7-12-25;21-14-7-15-22-16-12-20(13-17-22,18-8-3-1-4-9-18)19-10-5-2-6-11-19;11-7-2-1-6(3-8(7)12)9-4-15-5-10(14)13-9;2*11-8-2-1-7(5-9(8)12)10-6-14-4-3-13-10;8-7(9)6-4-2-1-3-5-6;2-1(3)4/h1-6,8-13,22,29H,7,14-21,23H2,(H,34,37);2-7,9-16H,8,17-22H2,1H3,(H,29,31);1-6,8-11H,7,12-17,21H2;1-3,9H,4-5H2,(H,13,14);2*1-2,5,10,13H,3-4,6H2;1-5H;(H,3,4). The Labute approximate surface area is 865 Å². The van der Waals surface area contributed by atoms with Crippen molar-refractivity contribution < 1.29 is 88.0 Å². The van der Waals surface area contributed by atoms with Crippen molar-refractivity contribution in [3.63, 3.8) is 0 Å². The van der Waals surface area contributed by atoms with Crippen LogP contribution in [0.3, 0.4) is 0 Å². The van der Waals surface area contributed by atoms with E-state index in [1.807, 2.05) is 31.2 Å². The second kappa shape index (κ2) is 59.1. The zero-order chi connectivity index (χ0) is 105. The van der Waals surface area contributed by atoms with Crippen LogP contribution < -0.4 is 37.1 Å². The molecule has 0 aliphatic carbocycles. The first kappa shape index (κ1) is 114. The molecule has 0 saturated carbocycles. The number of carbonyl (C=O) groups excluding carboxylic acids is 3. The third-order valence-corrected chi connectivity index (χ3v) is 27.3. The molecule has 4 unspecified atom stereocenters. The van der Waals surface area contributed by atoms with E-state index in [0.717, 1.165) is 177 Å². The van der Waals surface area contributed by atoms with E-state index in [4.69, 9.17) is 39.3 Å². The summed E-state index contributed by atoms with van der Waals surface area (Å²) in [4.78, 5) is 63.5. The number of para-hydroxylation sites is 1. The lowest BCUT2D eigenvalue weighted by atomic mass is 9.68. The third-order valence-electron chi connectivity index (χ3n) is 27.3. The summed E-state index contributed by atoms with van der Waals surface area (Å²) in [5, 5.41) is 32.0. The fourth-order valence-electron chi connectivity index (χ4n) is 19.3. The Kier molecular flexibility index (Phi) is 45.4. The maximum atomic E-state index is 13.8. The molecule has 4 amide bonds. The average Bonchev–Trinajstić information content (AvgIpc) is 0.773. The van der Waals surface area contributed by atoms with Gasteiger partial charge in [0.25, 0.3) is 5.69 Å². The summed E-state index contributed by atoms with van der Waals surface area (Å²) in [5.41, 5.74) is 16.8. The van der Waals surface area contributed by atoms with Crippen LogP contribution in [0, 0.1) is 63.6 Å². The van der Waals surface area contributed by atoms with Crippen molar-refractivity contribution in [2.24, 2.45) is 5.73 Å². The van der Waals surface area contributed by atoms with Crippen LogP contribution in [0.1, 0.15) is 143 Å². The zero-order valence-corrected chi connectivity index (χ0v) is 83.8. The number of nitro benzene ring substituents is 1. The van der Waals surface area contributed by atoms with Crippen molar-refractivity contribution in [2.45, 2.75) is 105 Å². The van der Waals surface area contributed by atoms with Crippen molar-refractivity contribution in [3.05, 3.63) is 427 Å². The number of carboxylic acid groups (broad SMARTS) is 1. The monoisotopic (exact) mass is 2060 g/mol. The number of piperidine rings is 3. The van der Waals surface area contributed by atoms with Crippen LogP contribution in [0.5, 0.6) is 5.75 Å². The van der Waals surface area contributed by atoms with Crippen molar-refractivity contribution in [1.82, 2.24) is 46.2 Å². The molecule has 8 N–H and O–H groups in total. The molecule has 23 nitrogen and oxygen atoms in total. The van der Waals surface area contributed by atoms with E-state index >= 15 is 0 Å². The molecule has 19 rings (SSSR count). The van der Waals surface area contributed by atoms with Gasteiger partial charge in [0.15, 0.2) is 46.5 Å². The highest BCUT2D eigenvalue weighted by atomic mass is 35.5. The Hall–Kier alpha value is -13.2. The topological polar surface area (TPSA) is 277 Å². The summed E-state index contributed by atoms with van der Waals surface area (Å²) in [6.45, 7) is 18.6. The van der Waals surface area contributed by atoms with Gasteiger partial charge in [-0.3, -0.25) is 14.9 Å². The highest BCUT2D eigenvalue weighted by Gasteiger charge is 2.41. The number of halogens is 9. The molecular formula is C116H130ClF8N11O12. The second-order valence-corrected chi connectivity index (χ2v) is 37.1. The van der Waals surface area contributed by atoms with E-state index in [1.54, 1.807) is 35.2 Å². The summed E-state index contributed by atoms with van der Waals surface area (Å²) < 4.78 is 130. The summed E-state index contributed by atoms with van der Waals surface area (Å²) >= 11 is 4.19. The number of rotatable bonds is 23. The molecular weight excluding hydrogens is 1930 g/mol. The summed E-state index contributed by atoms with van der Waals surface area (Å²) in [6.07, 6.45) is 9.14. The number of likely N-dealkylation sites (tertiary alicyclic amines) is 3. The quantitative estimate of drug-likeness (QED) is 0.0103. The SMILES string of the molecule is Cc1ccc(OC(=O)NCCCN2CCC(c3ccccc3)(c3ccccc3)CC2)cc1.Fc1ccc(C2COCCN2)cc1F.Fc1ccc(C2COCCN2)cc1F.NCCCN1CCC(c2ccccc2)(c2ccccc2)CC1.O=C(NCCCN1CCC(c2ccccc2)(c2ccccc2)CC1)N1CCOCC1c1ccc(F)c(F)c1.O=C(O)Cl.O=C1COCC(c2ccc(F)c(F)c2)N1.O=[N+]([O-])c1ccccc1. The minimum Gasteiger partial charge on any atom is -0.469 e. The number of nitro groups is 1. The number of aryl methyl sites for hydroxylation is 1. The fourth-order valence-corrected chi connectivity index (χ4v) is 19.3. The van der Waals surface area contributed by atoms with E-state index in [1.165, 1.54) is 82.6 Å². The number of benzene rings is 12. The van der Waals surface area contributed by atoms with Crippen LogP contribution in [-0.4, -0.2) is 204 Å². The van der Waals surface area contributed by atoms with Gasteiger partial charge >= 0.3 is 17.6 Å². The number of hydrogen-bond donors (Lipinski definition) is 7. The molecule has 0 radical (unpaired) electrons. The summed E-state index contributed by atoms with van der Waals surface area (Å²) in [5.74, 6) is -6.57. The first-order valence-electron chi connectivity index (χ1n) is 50.0. The number of hydrogen-bond acceptors (Lipinski definition) is 17. The Bertz CT molecular complexity index is 5840. The summed E-state index contributed by atoms with van der Waals surface area (Å²) in [7, 11) is 0. The Morgan fingerprint density at radius 3 is 1.08 bits per heavy atom. The van der Waals surface area contributed by atoms with Crippen molar-refractivity contribution >= 4 is 40.7 Å². The van der Waals surface area contributed by atoms with E-state index < -0.39 is 69.0 Å². The first-order chi connectivity index (χ1) is 71.8. The van der Waals surface area contributed by atoms with Gasteiger partial charge in [-0.1, -0.05) is 242 Å². The minimum atomic E-state index is -1.36. The summed E-state index contributed by atoms with van der Waals surface area (Å²) in [6, 6.07) is 95.0. The molecule has 0 aromatic heterocycles. The predicted octanol–water partition coefficient (Wildman–Crippen LogP) is 21.4. The maximum absolute atomic E-state index is 13.8. The number of urea groups is 1. The smallest absolute Gasteiger partial charge is 0.412 e. The van der Waals surface area contributed by atoms with E-state index in [2.05, 4.69) is 235 Å². The van der Waals surface area contributed by atoms with Crippen LogP contribution >= 0.6 is 11.6 Å². The predicted molar refractivity (Wildman–Crippen MR) is 557 cm³/mol. The number of carbonyl (C=O) groups is 4. The van der Waals surface area contributed by atoms with Crippen LogP contribution in [0.4, 0.5) is 55.2 Å². The van der Waals surface area contributed by atoms with E-state index in [9.17, 15) is 59.6 Å². The average molecular weight is 2060 g/mol. The molecule has 0 spiro atoms. The van der Waals surface area contributed by atoms with Crippen LogP contribution in [0.2, 0.25) is 0 Å². The van der Waals surface area contributed by atoms with Gasteiger partial charge in [0.2, 0.25) is 5.91 Å². The minimum absolute atomic E-state index is 0.0141. The van der Waals surface area contributed by atoms with Crippen molar-refractivity contribution in [2.75, 3.05) is 151 Å². The van der Waals surface area contributed by atoms with Gasteiger partial charge in [0, 0.05) is 72.7 Å². The van der Waals surface area contributed by atoms with Gasteiger partial charge in [0.05, 0.1) is 75.3 Å². The maximum Gasteiger partial charge on any atom is 0.412 e. The number of ether oxygens (including phenoxy) is 5. The fraction of sp³-hybridized carbons (Fsp3) is 0.345. The van der Waals surface area contributed by atoms with Crippen LogP contribution in [-0.2, 0) is 40.0 Å². The highest BCUT2D eigenvalue weighted by molar-refractivity contribution is 6.60. The number of nitrogens with one attached hydrogen (secondary N) is 5. The van der Waals surface area contributed by atoms with Crippen LogP contribution in [0.15, 0.2) is 309 Å². The number of morpholine rings is 4. The van der Waals surface area contributed by atoms with Gasteiger partial charge in [-0.2, -0.15) is 0 Å². The zero-order valence-electron chi connectivity index (χ0n) is 83.0. The largest absolute Gasteiger partial charge is 0.469 e. The van der Waals surface area contributed by atoms with Gasteiger partial charge in [0.1, 0.15) is 12.4 Å². The molecule has 7 aliphatic heterocycles. The van der Waals surface area contributed by atoms with E-state index in [-0.39, 0.29) is 71.9 Å². The third kappa shape index (κ3) is 34.2. The molecule has 7 fully saturated rings. The molecule has 12 aromatic carbocycles. The van der Waals surface area contributed by atoms with Gasteiger partial charge in [-0.05, 0) is 246 Å². The number of nitrogens with two attached hydrogens (primary N) is 1. The Balaban J connectivity index is 0.000000159. The van der Waals surface area contributed by atoms with Gasteiger partial charge in [-0.25, -0.2) is 49.5 Å². The highest BCUT2D eigenvalue weighted by Crippen LogP contribution is 2.45. The van der Waals surface area contributed by atoms with Gasteiger partial charge < -0.3 is 80.7 Å². The first-order valence-corrected chi connectivity index (χ1v) is 50.4. The molecule has 12 aromatic rings. The normalized spacial score (nSPS) is 18.3. The van der Waals surface area contributed by atoms with Crippen molar-refractivity contribution in [1.29, 1.82) is 0 Å². The molecule has 7 aliphatic rings. The number of amides is 4. The van der Waals surface area contributed by atoms with Crippen molar-refractivity contribution in [3.8, 4) is 5.75 Å².